The number of benzene rings is 1. The second-order valence-electron chi connectivity index (χ2n) is 5.09. The minimum atomic E-state index is -0.498. The molecule has 1 aliphatic rings. The molecule has 7 heteroatoms. The lowest BCUT2D eigenvalue weighted by Crippen LogP contribution is -2.51. The third-order valence-electron chi connectivity index (χ3n) is 3.70. The van der Waals surface area contributed by atoms with Crippen LogP contribution in [0.4, 0.5) is 5.69 Å². The van der Waals surface area contributed by atoms with Gasteiger partial charge in [0.25, 0.3) is 5.69 Å². The minimum Gasteiger partial charge on any atom is -0.299 e. The molecular formula is C14H17N3O4. The highest BCUT2D eigenvalue weighted by molar-refractivity contribution is 6.00. The smallest absolute Gasteiger partial charge is 0.274 e. The van der Waals surface area contributed by atoms with E-state index >= 15 is 0 Å². The van der Waals surface area contributed by atoms with E-state index in [9.17, 15) is 19.7 Å². The van der Waals surface area contributed by atoms with Crippen LogP contribution in [0.15, 0.2) is 24.3 Å². The molecule has 0 radical (unpaired) electrons. The molecule has 0 spiro atoms. The van der Waals surface area contributed by atoms with Crippen molar-refractivity contribution in [3.8, 4) is 0 Å². The number of imide groups is 1. The van der Waals surface area contributed by atoms with Gasteiger partial charge < -0.3 is 0 Å². The van der Waals surface area contributed by atoms with E-state index in [1.54, 1.807) is 25.1 Å². The Hall–Kier alpha value is -2.28. The summed E-state index contributed by atoms with van der Waals surface area (Å²) < 4.78 is 0. The van der Waals surface area contributed by atoms with Crippen molar-refractivity contribution in [2.24, 2.45) is 0 Å². The number of hydrogen-bond acceptors (Lipinski definition) is 5. The monoisotopic (exact) mass is 291 g/mol. The molecule has 1 saturated heterocycles. The van der Waals surface area contributed by atoms with Gasteiger partial charge in [-0.3, -0.25) is 29.9 Å². The Bertz CT molecular complexity index is 587. The van der Waals surface area contributed by atoms with Crippen LogP contribution in [0.5, 0.6) is 0 Å². The maximum atomic E-state index is 12.0. The molecule has 1 aliphatic heterocycles. The van der Waals surface area contributed by atoms with Gasteiger partial charge in [0.15, 0.2) is 0 Å². The largest absolute Gasteiger partial charge is 0.299 e. The quantitative estimate of drug-likeness (QED) is 0.514. The van der Waals surface area contributed by atoms with Gasteiger partial charge in [-0.2, -0.15) is 0 Å². The summed E-state index contributed by atoms with van der Waals surface area (Å²) in [4.78, 5) is 35.2. The topological polar surface area (TPSA) is 92.6 Å². The van der Waals surface area contributed by atoms with Crippen molar-refractivity contribution in [3.05, 3.63) is 39.9 Å². The normalized spacial score (nSPS) is 20.5. The molecule has 1 heterocycles. The molecule has 0 saturated carbocycles. The Morgan fingerprint density at radius 1 is 1.38 bits per heavy atom. The summed E-state index contributed by atoms with van der Waals surface area (Å²) in [6.45, 7) is 1.77. The number of nitrogens with zero attached hydrogens (tertiary/aromatic N) is 2. The van der Waals surface area contributed by atoms with E-state index in [4.69, 9.17) is 0 Å². The van der Waals surface area contributed by atoms with Crippen molar-refractivity contribution in [1.82, 2.24) is 10.2 Å². The first-order chi connectivity index (χ1) is 9.91. The van der Waals surface area contributed by atoms with Crippen LogP contribution in [0.3, 0.4) is 0 Å². The molecule has 1 aromatic rings. The van der Waals surface area contributed by atoms with Crippen molar-refractivity contribution in [2.45, 2.75) is 31.8 Å². The first-order valence-electron chi connectivity index (χ1n) is 6.71. The lowest BCUT2D eigenvalue weighted by atomic mass is 10.0. The number of nitro groups is 1. The Balaban J connectivity index is 2.15. The molecule has 0 aliphatic carbocycles. The summed E-state index contributed by atoms with van der Waals surface area (Å²) in [6.07, 6.45) is 0.705. The number of rotatable bonds is 4. The van der Waals surface area contributed by atoms with Crippen LogP contribution in [0.25, 0.3) is 0 Å². The summed E-state index contributed by atoms with van der Waals surface area (Å²) in [5.74, 6) is -0.493. The van der Waals surface area contributed by atoms with Gasteiger partial charge in [-0.05, 0) is 13.3 Å². The van der Waals surface area contributed by atoms with Gasteiger partial charge in [-0.15, -0.1) is 0 Å². The second-order valence-corrected chi connectivity index (χ2v) is 5.09. The van der Waals surface area contributed by atoms with Gasteiger partial charge in [0, 0.05) is 31.1 Å². The van der Waals surface area contributed by atoms with Crippen molar-refractivity contribution < 1.29 is 14.5 Å². The number of para-hydroxylation sites is 1. The Morgan fingerprint density at radius 2 is 2.05 bits per heavy atom. The molecular weight excluding hydrogens is 274 g/mol. The van der Waals surface area contributed by atoms with Crippen molar-refractivity contribution in [1.29, 1.82) is 0 Å². The molecule has 1 fully saturated rings. The zero-order valence-electron chi connectivity index (χ0n) is 11.9. The van der Waals surface area contributed by atoms with Gasteiger partial charge >= 0.3 is 0 Å². The number of likely N-dealkylation sites (N-methyl/N-ethyl adjacent to an activating group) is 1. The van der Waals surface area contributed by atoms with E-state index < -0.39 is 11.0 Å². The highest BCUT2D eigenvalue weighted by atomic mass is 16.6. The van der Waals surface area contributed by atoms with Gasteiger partial charge in [0.1, 0.15) is 0 Å². The fourth-order valence-corrected chi connectivity index (χ4v) is 2.48. The summed E-state index contributed by atoms with van der Waals surface area (Å²) in [7, 11) is 1.45. The predicted molar refractivity (Wildman–Crippen MR) is 75.4 cm³/mol. The molecule has 2 atom stereocenters. The lowest BCUT2D eigenvalue weighted by molar-refractivity contribution is -0.385. The first-order valence-corrected chi connectivity index (χ1v) is 6.71. The standard InChI is InChI=1S/C14H17N3O4/c1-9(10-5-3-4-6-12(10)17(20)21)15-11-7-8-13(18)16(2)14(11)19/h3-6,9,11,15H,7-8H2,1-2H3. The third kappa shape index (κ3) is 3.08. The maximum Gasteiger partial charge on any atom is 0.274 e. The number of nitro benzene ring substituents is 1. The van der Waals surface area contributed by atoms with E-state index in [2.05, 4.69) is 5.32 Å². The fourth-order valence-electron chi connectivity index (χ4n) is 2.48. The number of piperidine rings is 1. The molecule has 2 unspecified atom stereocenters. The SMILES string of the molecule is CC(NC1CCC(=O)N(C)C1=O)c1ccccc1[N+](=O)[O-]. The van der Waals surface area contributed by atoms with E-state index in [1.165, 1.54) is 13.1 Å². The van der Waals surface area contributed by atoms with Gasteiger partial charge in [-0.25, -0.2) is 0 Å². The van der Waals surface area contributed by atoms with Crippen LogP contribution < -0.4 is 5.32 Å². The summed E-state index contributed by atoms with van der Waals surface area (Å²) in [6, 6.07) is 5.57. The number of carbonyl (C=O) groups is 2. The van der Waals surface area contributed by atoms with Gasteiger partial charge in [0.2, 0.25) is 11.8 Å². The summed E-state index contributed by atoms with van der Waals surface area (Å²) >= 11 is 0. The number of carbonyl (C=O) groups excluding carboxylic acids is 2. The molecule has 0 bridgehead atoms. The molecule has 1 N–H and O–H groups in total. The first kappa shape index (κ1) is 15.1. The van der Waals surface area contributed by atoms with Crippen LogP contribution in [0, 0.1) is 10.1 Å². The zero-order chi connectivity index (χ0) is 15.6. The molecule has 21 heavy (non-hydrogen) atoms. The summed E-state index contributed by atoms with van der Waals surface area (Å²) in [5.41, 5.74) is 0.542. The van der Waals surface area contributed by atoms with Crippen LogP contribution in [0.2, 0.25) is 0 Å². The van der Waals surface area contributed by atoms with Crippen LogP contribution in [0.1, 0.15) is 31.4 Å². The van der Waals surface area contributed by atoms with Crippen molar-refractivity contribution >= 4 is 17.5 Å². The average Bonchev–Trinajstić information content (AvgIpc) is 2.47. The molecule has 112 valence electrons. The number of hydrogen-bond donors (Lipinski definition) is 1. The van der Waals surface area contributed by atoms with Crippen molar-refractivity contribution in [2.75, 3.05) is 7.05 Å². The Kier molecular flexibility index (Phi) is 4.32. The van der Waals surface area contributed by atoms with E-state index in [0.717, 1.165) is 4.90 Å². The highest BCUT2D eigenvalue weighted by Gasteiger charge is 2.33. The number of likely N-dealkylation sites (tertiary alicyclic amines) is 1. The predicted octanol–water partition coefficient (Wildman–Crippen LogP) is 1.39. The number of amides is 2. The van der Waals surface area contributed by atoms with Crippen LogP contribution >= 0.6 is 0 Å². The maximum absolute atomic E-state index is 12.0. The van der Waals surface area contributed by atoms with E-state index in [1.807, 2.05) is 0 Å². The molecule has 7 nitrogen and oxygen atoms in total. The molecule has 2 amide bonds. The van der Waals surface area contributed by atoms with E-state index in [0.29, 0.717) is 18.4 Å². The van der Waals surface area contributed by atoms with Gasteiger partial charge in [-0.1, -0.05) is 18.2 Å². The fraction of sp³-hybridized carbons (Fsp3) is 0.429. The third-order valence-corrected chi connectivity index (χ3v) is 3.70. The van der Waals surface area contributed by atoms with Crippen LogP contribution in [-0.2, 0) is 9.59 Å². The molecule has 2 rings (SSSR count). The van der Waals surface area contributed by atoms with Crippen LogP contribution in [-0.4, -0.2) is 34.7 Å². The lowest BCUT2D eigenvalue weighted by Gasteiger charge is -2.30. The van der Waals surface area contributed by atoms with Gasteiger partial charge in [0.05, 0.1) is 11.0 Å². The minimum absolute atomic E-state index is 0.0187. The highest BCUT2D eigenvalue weighted by Crippen LogP contribution is 2.25. The Labute approximate surface area is 122 Å². The molecule has 0 aromatic heterocycles. The Morgan fingerprint density at radius 3 is 2.71 bits per heavy atom. The van der Waals surface area contributed by atoms with E-state index in [-0.39, 0.29) is 23.5 Å². The zero-order valence-corrected chi connectivity index (χ0v) is 11.9. The summed E-state index contributed by atoms with van der Waals surface area (Å²) in [5, 5.41) is 14.1. The molecule has 1 aromatic carbocycles. The average molecular weight is 291 g/mol. The number of nitrogens with one attached hydrogen (secondary N) is 1. The van der Waals surface area contributed by atoms with Crippen molar-refractivity contribution in [3.63, 3.8) is 0 Å². The second kappa shape index (κ2) is 6.01.